The fraction of sp³-hybridized carbons (Fsp3) is 0.0476. The number of benzene rings is 3. The number of furan rings is 1. The number of carbonyl (C=O) groups is 2. The lowest BCUT2D eigenvalue weighted by atomic mass is 10.1. The topological polar surface area (TPSA) is 68.5 Å². The van der Waals surface area contributed by atoms with Gasteiger partial charge in [-0.2, -0.15) is 0 Å². The molecule has 0 bridgehead atoms. The summed E-state index contributed by atoms with van der Waals surface area (Å²) < 4.78 is 10.4. The number of esters is 1. The Labute approximate surface area is 149 Å². The molecule has 0 aliphatic rings. The summed E-state index contributed by atoms with van der Waals surface area (Å²) in [4.78, 5) is 24.2. The van der Waals surface area contributed by atoms with Crippen LogP contribution in [-0.2, 0) is 4.74 Å². The first-order chi connectivity index (χ1) is 12.7. The smallest absolute Gasteiger partial charge is 0.337 e. The first-order valence-electron chi connectivity index (χ1n) is 8.07. The van der Waals surface area contributed by atoms with Crippen molar-refractivity contribution < 1.29 is 18.7 Å². The van der Waals surface area contributed by atoms with Crippen LogP contribution in [-0.4, -0.2) is 19.0 Å². The molecule has 26 heavy (non-hydrogen) atoms. The standard InChI is InChI=1S/C21H15NO4/c1-25-21(24)14-6-4-7-15(11-14)22-20(23)19-12-17-16-8-3-2-5-13(16)9-10-18(17)26-19/h2-12H,1H3,(H,22,23). The van der Waals surface area contributed by atoms with E-state index in [0.29, 0.717) is 16.8 Å². The molecule has 4 aromatic rings. The molecule has 1 amide bonds. The van der Waals surface area contributed by atoms with Crippen molar-refractivity contribution in [1.82, 2.24) is 0 Å². The highest BCUT2D eigenvalue weighted by Gasteiger charge is 2.15. The Kier molecular flexibility index (Phi) is 3.89. The lowest BCUT2D eigenvalue weighted by Crippen LogP contribution is -2.11. The van der Waals surface area contributed by atoms with Crippen LogP contribution in [0.2, 0.25) is 0 Å². The number of carbonyl (C=O) groups excluding carboxylic acids is 2. The first-order valence-corrected chi connectivity index (χ1v) is 8.07. The molecule has 0 radical (unpaired) electrons. The maximum absolute atomic E-state index is 12.5. The maximum Gasteiger partial charge on any atom is 0.337 e. The molecule has 0 aliphatic carbocycles. The Morgan fingerprint density at radius 3 is 2.62 bits per heavy atom. The average molecular weight is 345 g/mol. The summed E-state index contributed by atoms with van der Waals surface area (Å²) in [6, 6.07) is 20.0. The van der Waals surface area contributed by atoms with E-state index in [1.807, 2.05) is 36.4 Å². The van der Waals surface area contributed by atoms with E-state index >= 15 is 0 Å². The lowest BCUT2D eigenvalue weighted by Gasteiger charge is -2.05. The van der Waals surface area contributed by atoms with Gasteiger partial charge in [-0.05, 0) is 41.1 Å². The molecule has 0 saturated heterocycles. The van der Waals surface area contributed by atoms with Crippen LogP contribution in [0, 0.1) is 0 Å². The Bertz CT molecular complexity index is 1140. The molecular formula is C21H15NO4. The minimum absolute atomic E-state index is 0.208. The van der Waals surface area contributed by atoms with Crippen LogP contribution >= 0.6 is 0 Å². The minimum Gasteiger partial charge on any atom is -0.465 e. The number of hydrogen-bond donors (Lipinski definition) is 1. The van der Waals surface area contributed by atoms with E-state index in [1.54, 1.807) is 30.3 Å². The van der Waals surface area contributed by atoms with Crippen LogP contribution in [0.5, 0.6) is 0 Å². The van der Waals surface area contributed by atoms with E-state index in [2.05, 4.69) is 5.32 Å². The molecule has 128 valence electrons. The van der Waals surface area contributed by atoms with E-state index in [1.165, 1.54) is 7.11 Å². The molecule has 1 heterocycles. The van der Waals surface area contributed by atoms with Crippen LogP contribution in [0.4, 0.5) is 5.69 Å². The largest absolute Gasteiger partial charge is 0.465 e. The van der Waals surface area contributed by atoms with Gasteiger partial charge in [-0.3, -0.25) is 4.79 Å². The summed E-state index contributed by atoms with van der Waals surface area (Å²) >= 11 is 0. The molecule has 0 spiro atoms. The van der Waals surface area contributed by atoms with Gasteiger partial charge in [0.05, 0.1) is 12.7 Å². The molecule has 1 aromatic heterocycles. The van der Waals surface area contributed by atoms with Gasteiger partial charge >= 0.3 is 5.97 Å². The van der Waals surface area contributed by atoms with Gasteiger partial charge in [0.1, 0.15) is 5.58 Å². The molecule has 0 saturated carbocycles. The fourth-order valence-electron chi connectivity index (χ4n) is 2.94. The predicted molar refractivity (Wildman–Crippen MR) is 99.5 cm³/mol. The average Bonchev–Trinajstić information content (AvgIpc) is 3.12. The van der Waals surface area contributed by atoms with Crippen LogP contribution in [0.25, 0.3) is 21.7 Å². The van der Waals surface area contributed by atoms with Crippen molar-refractivity contribution >= 4 is 39.3 Å². The summed E-state index contributed by atoms with van der Waals surface area (Å²) in [6.45, 7) is 0. The summed E-state index contributed by atoms with van der Waals surface area (Å²) in [5, 5.41) is 5.74. The monoisotopic (exact) mass is 345 g/mol. The normalized spacial score (nSPS) is 10.8. The van der Waals surface area contributed by atoms with E-state index in [4.69, 9.17) is 9.15 Å². The van der Waals surface area contributed by atoms with Gasteiger partial charge in [0.2, 0.25) is 0 Å². The van der Waals surface area contributed by atoms with Gasteiger partial charge in [-0.15, -0.1) is 0 Å². The zero-order chi connectivity index (χ0) is 18.1. The Balaban J connectivity index is 1.66. The van der Waals surface area contributed by atoms with Gasteiger partial charge in [-0.1, -0.05) is 36.4 Å². The van der Waals surface area contributed by atoms with Gasteiger partial charge < -0.3 is 14.5 Å². The van der Waals surface area contributed by atoms with Gasteiger partial charge in [0.25, 0.3) is 5.91 Å². The third-order valence-electron chi connectivity index (χ3n) is 4.19. The van der Waals surface area contributed by atoms with Crippen molar-refractivity contribution in [2.75, 3.05) is 12.4 Å². The maximum atomic E-state index is 12.5. The van der Waals surface area contributed by atoms with Crippen molar-refractivity contribution in [1.29, 1.82) is 0 Å². The second-order valence-corrected chi connectivity index (χ2v) is 5.84. The van der Waals surface area contributed by atoms with Crippen LogP contribution in [0.1, 0.15) is 20.9 Å². The summed E-state index contributed by atoms with van der Waals surface area (Å²) in [7, 11) is 1.31. The number of fused-ring (bicyclic) bond motifs is 3. The number of ether oxygens (including phenoxy) is 1. The number of hydrogen-bond acceptors (Lipinski definition) is 4. The molecule has 0 atom stereocenters. The van der Waals surface area contributed by atoms with Crippen molar-refractivity contribution in [3.8, 4) is 0 Å². The van der Waals surface area contributed by atoms with E-state index in [0.717, 1.165) is 16.2 Å². The SMILES string of the molecule is COC(=O)c1cccc(NC(=O)c2cc3c(ccc4ccccc43)o2)c1. The highest BCUT2D eigenvalue weighted by Crippen LogP contribution is 2.28. The Morgan fingerprint density at radius 1 is 0.923 bits per heavy atom. The molecule has 0 unspecified atom stereocenters. The van der Waals surface area contributed by atoms with Crippen molar-refractivity contribution in [2.45, 2.75) is 0 Å². The van der Waals surface area contributed by atoms with Gasteiger partial charge in [0, 0.05) is 11.1 Å². The van der Waals surface area contributed by atoms with Gasteiger partial charge in [-0.25, -0.2) is 4.79 Å². The summed E-state index contributed by atoms with van der Waals surface area (Å²) in [6.07, 6.45) is 0. The van der Waals surface area contributed by atoms with Crippen LogP contribution in [0.15, 0.2) is 71.1 Å². The molecule has 0 fully saturated rings. The number of nitrogens with one attached hydrogen (secondary N) is 1. The lowest BCUT2D eigenvalue weighted by molar-refractivity contribution is 0.0600. The number of amides is 1. The molecule has 4 rings (SSSR count). The zero-order valence-electron chi connectivity index (χ0n) is 14.0. The second-order valence-electron chi connectivity index (χ2n) is 5.84. The molecular weight excluding hydrogens is 330 g/mol. The molecule has 3 aromatic carbocycles. The zero-order valence-corrected chi connectivity index (χ0v) is 14.0. The van der Waals surface area contributed by atoms with Crippen molar-refractivity contribution in [3.63, 3.8) is 0 Å². The Morgan fingerprint density at radius 2 is 1.77 bits per heavy atom. The summed E-state index contributed by atoms with van der Waals surface area (Å²) in [5.41, 5.74) is 1.50. The number of anilines is 1. The molecule has 0 aliphatic heterocycles. The van der Waals surface area contributed by atoms with Crippen LogP contribution < -0.4 is 5.32 Å². The predicted octanol–water partition coefficient (Wildman–Crippen LogP) is 4.62. The first kappa shape index (κ1) is 15.9. The number of rotatable bonds is 3. The molecule has 5 heteroatoms. The highest BCUT2D eigenvalue weighted by molar-refractivity contribution is 6.11. The number of methoxy groups -OCH3 is 1. The van der Waals surface area contributed by atoms with Crippen molar-refractivity contribution in [3.05, 3.63) is 78.1 Å². The quantitative estimate of drug-likeness (QED) is 0.550. The fourth-order valence-corrected chi connectivity index (χ4v) is 2.94. The molecule has 5 nitrogen and oxygen atoms in total. The van der Waals surface area contributed by atoms with E-state index in [9.17, 15) is 9.59 Å². The minimum atomic E-state index is -0.462. The third kappa shape index (κ3) is 2.80. The Hall–Kier alpha value is -3.60. The highest BCUT2D eigenvalue weighted by atomic mass is 16.5. The molecule has 1 N–H and O–H groups in total. The van der Waals surface area contributed by atoms with Gasteiger partial charge in [0.15, 0.2) is 5.76 Å². The van der Waals surface area contributed by atoms with Crippen molar-refractivity contribution in [2.24, 2.45) is 0 Å². The second kappa shape index (κ2) is 6.37. The van der Waals surface area contributed by atoms with E-state index < -0.39 is 5.97 Å². The third-order valence-corrected chi connectivity index (χ3v) is 4.19. The summed E-state index contributed by atoms with van der Waals surface area (Å²) in [5.74, 6) is -0.636. The van der Waals surface area contributed by atoms with E-state index in [-0.39, 0.29) is 11.7 Å². The van der Waals surface area contributed by atoms with Crippen LogP contribution in [0.3, 0.4) is 0 Å².